The highest BCUT2D eigenvalue weighted by atomic mass is 79.9. The number of rotatable bonds is 6. The molecule has 0 heterocycles. The Morgan fingerprint density at radius 2 is 2.11 bits per heavy atom. The first kappa shape index (κ1) is 16.0. The Morgan fingerprint density at radius 1 is 1.42 bits per heavy atom. The normalized spacial score (nSPS) is 12.3. The highest BCUT2D eigenvalue weighted by Crippen LogP contribution is 2.28. The number of halogens is 1. The number of nitrogens with one attached hydrogen (secondary N) is 1. The van der Waals surface area contributed by atoms with Crippen LogP contribution in [-0.4, -0.2) is 23.7 Å². The summed E-state index contributed by atoms with van der Waals surface area (Å²) >= 11 is 3.36. The molecule has 4 nitrogen and oxygen atoms in total. The SMILES string of the molecule is CC(C)NC(=O)CCOc1cc(Br)ccc1C(C)O. The fraction of sp³-hybridized carbons (Fsp3) is 0.500. The highest BCUT2D eigenvalue weighted by molar-refractivity contribution is 9.10. The first-order chi connectivity index (χ1) is 8.90. The van der Waals surface area contributed by atoms with Crippen molar-refractivity contribution in [3.8, 4) is 5.75 Å². The lowest BCUT2D eigenvalue weighted by Crippen LogP contribution is -2.31. The summed E-state index contributed by atoms with van der Waals surface area (Å²) in [4.78, 5) is 11.5. The Hall–Kier alpha value is -1.07. The zero-order chi connectivity index (χ0) is 14.4. The monoisotopic (exact) mass is 329 g/mol. The van der Waals surface area contributed by atoms with E-state index in [9.17, 15) is 9.90 Å². The Bertz CT molecular complexity index is 433. The second-order valence-electron chi connectivity index (χ2n) is 4.68. The van der Waals surface area contributed by atoms with E-state index in [1.165, 1.54) is 0 Å². The average Bonchev–Trinajstić information content (AvgIpc) is 2.27. The molecule has 1 rings (SSSR count). The van der Waals surface area contributed by atoms with Gasteiger partial charge in [0, 0.05) is 16.1 Å². The predicted molar refractivity (Wildman–Crippen MR) is 78.2 cm³/mol. The summed E-state index contributed by atoms with van der Waals surface area (Å²) in [7, 11) is 0. The van der Waals surface area contributed by atoms with Crippen molar-refractivity contribution in [1.29, 1.82) is 0 Å². The van der Waals surface area contributed by atoms with Crippen LogP contribution in [0.3, 0.4) is 0 Å². The molecule has 0 aliphatic heterocycles. The molecule has 19 heavy (non-hydrogen) atoms. The van der Waals surface area contributed by atoms with E-state index in [1.54, 1.807) is 19.1 Å². The zero-order valence-corrected chi connectivity index (χ0v) is 13.0. The molecule has 1 unspecified atom stereocenters. The third kappa shape index (κ3) is 5.61. The molecule has 1 amide bonds. The maximum atomic E-state index is 11.5. The Labute approximate surface area is 122 Å². The molecule has 1 aromatic rings. The fourth-order valence-electron chi connectivity index (χ4n) is 1.63. The van der Waals surface area contributed by atoms with Gasteiger partial charge in [-0.25, -0.2) is 0 Å². The summed E-state index contributed by atoms with van der Waals surface area (Å²) in [5.74, 6) is 0.560. The second-order valence-corrected chi connectivity index (χ2v) is 5.59. The molecule has 0 aliphatic carbocycles. The molecule has 5 heteroatoms. The van der Waals surface area contributed by atoms with Gasteiger partial charge in [-0.1, -0.05) is 22.0 Å². The Balaban J connectivity index is 2.57. The van der Waals surface area contributed by atoms with Crippen molar-refractivity contribution in [2.45, 2.75) is 39.3 Å². The van der Waals surface area contributed by atoms with Crippen molar-refractivity contribution < 1.29 is 14.6 Å². The van der Waals surface area contributed by atoms with Gasteiger partial charge in [0.1, 0.15) is 5.75 Å². The minimum Gasteiger partial charge on any atom is -0.493 e. The zero-order valence-electron chi connectivity index (χ0n) is 11.4. The van der Waals surface area contributed by atoms with Gasteiger partial charge in [0.25, 0.3) is 0 Å². The lowest BCUT2D eigenvalue weighted by atomic mass is 10.1. The molecule has 0 radical (unpaired) electrons. The number of carbonyl (C=O) groups excluding carboxylic acids is 1. The lowest BCUT2D eigenvalue weighted by molar-refractivity contribution is -0.122. The molecular formula is C14H20BrNO3. The summed E-state index contributed by atoms with van der Waals surface area (Å²) in [6, 6.07) is 5.58. The van der Waals surface area contributed by atoms with Gasteiger partial charge in [0.15, 0.2) is 0 Å². The highest BCUT2D eigenvalue weighted by Gasteiger charge is 2.10. The second kappa shape index (κ2) is 7.50. The predicted octanol–water partition coefficient (Wildman–Crippen LogP) is 2.80. The van der Waals surface area contributed by atoms with Crippen molar-refractivity contribution in [2.24, 2.45) is 0 Å². The third-order valence-corrected chi connectivity index (χ3v) is 2.96. The van der Waals surface area contributed by atoms with Crippen molar-refractivity contribution in [1.82, 2.24) is 5.32 Å². The van der Waals surface area contributed by atoms with Gasteiger partial charge in [0.2, 0.25) is 5.91 Å². The van der Waals surface area contributed by atoms with E-state index >= 15 is 0 Å². The maximum Gasteiger partial charge on any atom is 0.223 e. The molecule has 2 N–H and O–H groups in total. The molecule has 0 aromatic heterocycles. The third-order valence-electron chi connectivity index (χ3n) is 2.46. The van der Waals surface area contributed by atoms with Crippen molar-refractivity contribution >= 4 is 21.8 Å². The van der Waals surface area contributed by atoms with Gasteiger partial charge >= 0.3 is 0 Å². The molecule has 0 saturated carbocycles. The van der Waals surface area contributed by atoms with Crippen LogP contribution in [0, 0.1) is 0 Å². The first-order valence-electron chi connectivity index (χ1n) is 6.30. The number of aliphatic hydroxyl groups excluding tert-OH is 1. The van der Waals surface area contributed by atoms with E-state index in [1.807, 2.05) is 19.9 Å². The van der Waals surface area contributed by atoms with Gasteiger partial charge in [-0.3, -0.25) is 4.79 Å². The Kier molecular flexibility index (Phi) is 6.31. The molecule has 0 spiro atoms. The van der Waals surface area contributed by atoms with Crippen LogP contribution in [0.2, 0.25) is 0 Å². The summed E-state index contributed by atoms with van der Waals surface area (Å²) in [6.45, 7) is 5.80. The standard InChI is InChI=1S/C14H20BrNO3/c1-9(2)16-14(18)6-7-19-13-8-11(15)4-5-12(13)10(3)17/h4-5,8-10,17H,6-7H2,1-3H3,(H,16,18). The Morgan fingerprint density at radius 3 is 2.68 bits per heavy atom. The molecule has 1 aromatic carbocycles. The van der Waals surface area contributed by atoms with E-state index in [0.29, 0.717) is 17.7 Å². The minimum atomic E-state index is -0.604. The average molecular weight is 330 g/mol. The van der Waals surface area contributed by atoms with Gasteiger partial charge in [-0.2, -0.15) is 0 Å². The van der Waals surface area contributed by atoms with Crippen molar-refractivity contribution in [3.63, 3.8) is 0 Å². The van der Waals surface area contributed by atoms with Gasteiger partial charge in [0.05, 0.1) is 19.1 Å². The van der Waals surface area contributed by atoms with E-state index in [4.69, 9.17) is 4.74 Å². The smallest absolute Gasteiger partial charge is 0.223 e. The summed E-state index contributed by atoms with van der Waals surface area (Å²) in [5.41, 5.74) is 0.715. The van der Waals surface area contributed by atoms with E-state index < -0.39 is 6.10 Å². The van der Waals surface area contributed by atoms with Crippen LogP contribution in [-0.2, 0) is 4.79 Å². The topological polar surface area (TPSA) is 58.6 Å². The fourth-order valence-corrected chi connectivity index (χ4v) is 1.97. The minimum absolute atomic E-state index is 0.0383. The molecule has 1 atom stereocenters. The summed E-state index contributed by atoms with van der Waals surface area (Å²) in [5, 5.41) is 12.4. The largest absolute Gasteiger partial charge is 0.493 e. The summed E-state index contributed by atoms with van der Waals surface area (Å²) in [6.07, 6.45) is -0.309. The molecular weight excluding hydrogens is 310 g/mol. The maximum absolute atomic E-state index is 11.5. The van der Waals surface area contributed by atoms with Crippen LogP contribution in [0.5, 0.6) is 5.75 Å². The first-order valence-corrected chi connectivity index (χ1v) is 7.09. The van der Waals surface area contributed by atoms with Gasteiger partial charge < -0.3 is 15.2 Å². The number of aliphatic hydroxyl groups is 1. The number of carbonyl (C=O) groups is 1. The van der Waals surface area contributed by atoms with Crippen LogP contribution in [0.15, 0.2) is 22.7 Å². The van der Waals surface area contributed by atoms with Gasteiger partial charge in [-0.15, -0.1) is 0 Å². The number of hydrogen-bond donors (Lipinski definition) is 2. The van der Waals surface area contributed by atoms with E-state index in [0.717, 1.165) is 4.47 Å². The van der Waals surface area contributed by atoms with E-state index in [2.05, 4.69) is 21.2 Å². The molecule has 0 saturated heterocycles. The van der Waals surface area contributed by atoms with Crippen LogP contribution in [0.1, 0.15) is 38.9 Å². The van der Waals surface area contributed by atoms with Crippen LogP contribution in [0.4, 0.5) is 0 Å². The number of ether oxygens (including phenoxy) is 1. The van der Waals surface area contributed by atoms with Crippen LogP contribution < -0.4 is 10.1 Å². The quantitative estimate of drug-likeness (QED) is 0.843. The van der Waals surface area contributed by atoms with Gasteiger partial charge in [-0.05, 0) is 32.9 Å². The summed E-state index contributed by atoms with van der Waals surface area (Å²) < 4.78 is 6.45. The molecule has 106 valence electrons. The van der Waals surface area contributed by atoms with Crippen LogP contribution >= 0.6 is 15.9 Å². The van der Waals surface area contributed by atoms with Crippen LogP contribution in [0.25, 0.3) is 0 Å². The van der Waals surface area contributed by atoms with E-state index in [-0.39, 0.29) is 18.6 Å². The van der Waals surface area contributed by atoms with Crippen molar-refractivity contribution in [3.05, 3.63) is 28.2 Å². The number of benzene rings is 1. The van der Waals surface area contributed by atoms with Crippen molar-refractivity contribution in [2.75, 3.05) is 6.61 Å². The molecule has 0 fully saturated rings. The molecule has 0 bridgehead atoms. The number of amides is 1. The number of hydrogen-bond acceptors (Lipinski definition) is 3. The molecule has 0 aliphatic rings. The lowest BCUT2D eigenvalue weighted by Gasteiger charge is -2.14.